The molecule has 1 aliphatic heterocycles. The molecule has 7 heteroatoms. The fraction of sp³-hybridized carbons (Fsp3) is 0.381. The minimum atomic E-state index is -3.41. The van der Waals surface area contributed by atoms with E-state index in [1.54, 1.807) is 47.6 Å². The van der Waals surface area contributed by atoms with E-state index in [4.69, 9.17) is 10.8 Å². The highest BCUT2D eigenvalue weighted by Crippen LogP contribution is 2.21. The Hall–Kier alpha value is -2.56. The minimum absolute atomic E-state index is 0.0666. The van der Waals surface area contributed by atoms with Crippen LogP contribution < -0.4 is 0 Å². The van der Waals surface area contributed by atoms with Gasteiger partial charge in [0.05, 0.1) is 24.2 Å². The van der Waals surface area contributed by atoms with Crippen molar-refractivity contribution in [1.29, 1.82) is 0 Å². The van der Waals surface area contributed by atoms with Gasteiger partial charge in [0.2, 0.25) is 15.9 Å². The van der Waals surface area contributed by atoms with E-state index in [0.717, 1.165) is 18.4 Å². The molecule has 148 valence electrons. The van der Waals surface area contributed by atoms with Gasteiger partial charge in [-0.15, -0.1) is 6.42 Å². The fourth-order valence-corrected chi connectivity index (χ4v) is 4.77. The molecular weight excluding hydrogens is 376 g/mol. The number of hydrogen-bond acceptors (Lipinski definition) is 4. The number of terminal acetylenes is 1. The summed E-state index contributed by atoms with van der Waals surface area (Å²) in [7, 11) is -3.41. The summed E-state index contributed by atoms with van der Waals surface area (Å²) in [4.78, 5) is 14.4. The lowest BCUT2D eigenvalue weighted by Crippen LogP contribution is -2.31. The molecule has 0 N–H and O–H groups in total. The first kappa shape index (κ1) is 20.2. The topological polar surface area (TPSA) is 70.8 Å². The summed E-state index contributed by atoms with van der Waals surface area (Å²) in [5, 5.41) is 0. The third kappa shape index (κ3) is 4.83. The first-order valence-electron chi connectivity index (χ1n) is 9.33. The monoisotopic (exact) mass is 400 g/mol. The molecule has 1 saturated heterocycles. The second-order valence-electron chi connectivity index (χ2n) is 6.79. The third-order valence-electron chi connectivity index (χ3n) is 4.82. The quantitative estimate of drug-likeness (QED) is 0.639. The number of aryl methyl sites for hydroxylation is 1. The van der Waals surface area contributed by atoms with Gasteiger partial charge >= 0.3 is 0 Å². The van der Waals surface area contributed by atoms with Crippen molar-refractivity contribution in [2.45, 2.75) is 37.1 Å². The molecule has 1 aliphatic rings. The molecule has 0 atom stereocenters. The van der Waals surface area contributed by atoms with E-state index in [-0.39, 0.29) is 12.5 Å². The molecule has 6 nitrogen and oxygen atoms in total. The number of carbonyl (C=O) groups is 1. The molecule has 1 aromatic heterocycles. The Kier molecular flexibility index (Phi) is 6.55. The van der Waals surface area contributed by atoms with Gasteiger partial charge in [-0.3, -0.25) is 4.79 Å². The summed E-state index contributed by atoms with van der Waals surface area (Å²) in [6.07, 6.45) is 9.56. The Morgan fingerprint density at radius 2 is 1.89 bits per heavy atom. The van der Waals surface area contributed by atoms with E-state index in [2.05, 4.69) is 5.92 Å². The van der Waals surface area contributed by atoms with E-state index in [9.17, 15) is 13.2 Å². The molecule has 2 heterocycles. The highest BCUT2D eigenvalue weighted by atomic mass is 32.2. The lowest BCUT2D eigenvalue weighted by Gasteiger charge is -2.19. The second-order valence-corrected chi connectivity index (χ2v) is 8.73. The standard InChI is InChI=1S/C21H24N2O4S/c1-2-13-22(17-19-6-5-16-27-19)21(24)12-9-18-7-10-20(11-8-18)28(25,26)23-14-3-4-15-23/h1,5-8,10-11,16H,3-4,9,12-15,17H2. The second kappa shape index (κ2) is 9.09. The molecule has 1 fully saturated rings. The molecule has 0 unspecified atom stereocenters. The number of carbonyl (C=O) groups excluding carboxylic acids is 1. The van der Waals surface area contributed by atoms with Gasteiger partial charge in [0.15, 0.2) is 0 Å². The number of hydrogen-bond donors (Lipinski definition) is 0. The van der Waals surface area contributed by atoms with E-state index < -0.39 is 10.0 Å². The zero-order valence-corrected chi connectivity index (χ0v) is 16.5. The van der Waals surface area contributed by atoms with E-state index in [1.807, 2.05) is 0 Å². The smallest absolute Gasteiger partial charge is 0.243 e. The Balaban J connectivity index is 1.59. The maximum atomic E-state index is 12.6. The lowest BCUT2D eigenvalue weighted by molar-refractivity contribution is -0.131. The molecule has 0 radical (unpaired) electrons. The molecule has 28 heavy (non-hydrogen) atoms. The highest BCUT2D eigenvalue weighted by Gasteiger charge is 2.26. The predicted molar refractivity (Wildman–Crippen MR) is 106 cm³/mol. The molecule has 2 aromatic rings. The first-order valence-corrected chi connectivity index (χ1v) is 10.8. The fourth-order valence-electron chi connectivity index (χ4n) is 3.25. The van der Waals surface area contributed by atoms with E-state index in [0.29, 0.717) is 43.1 Å². The number of rotatable bonds is 8. The van der Waals surface area contributed by atoms with Crippen LogP contribution in [0.2, 0.25) is 0 Å². The van der Waals surface area contributed by atoms with Crippen molar-refractivity contribution < 1.29 is 17.6 Å². The maximum absolute atomic E-state index is 12.6. The van der Waals surface area contributed by atoms with Gasteiger partial charge in [-0.1, -0.05) is 18.1 Å². The molecule has 1 aromatic carbocycles. The SMILES string of the molecule is C#CCN(Cc1ccco1)C(=O)CCc1ccc(S(=O)(=O)N2CCCC2)cc1. The molecule has 1 amide bonds. The van der Waals surface area contributed by atoms with Gasteiger partial charge in [-0.2, -0.15) is 4.31 Å². The molecule has 0 spiro atoms. The Morgan fingerprint density at radius 3 is 2.50 bits per heavy atom. The summed E-state index contributed by atoms with van der Waals surface area (Å²) in [6, 6.07) is 10.4. The van der Waals surface area contributed by atoms with Crippen LogP contribution in [0.3, 0.4) is 0 Å². The molecule has 0 aliphatic carbocycles. The zero-order valence-electron chi connectivity index (χ0n) is 15.7. The van der Waals surface area contributed by atoms with Crippen LogP contribution in [0.1, 0.15) is 30.6 Å². The minimum Gasteiger partial charge on any atom is -0.467 e. The van der Waals surface area contributed by atoms with Crippen LogP contribution in [-0.2, 0) is 27.8 Å². The van der Waals surface area contributed by atoms with Gasteiger partial charge in [0.1, 0.15) is 5.76 Å². The van der Waals surface area contributed by atoms with Crippen molar-refractivity contribution in [2.24, 2.45) is 0 Å². The predicted octanol–water partition coefficient (Wildman–Crippen LogP) is 2.66. The van der Waals surface area contributed by atoms with Crippen molar-refractivity contribution >= 4 is 15.9 Å². The summed E-state index contributed by atoms with van der Waals surface area (Å²) < 4.78 is 31.9. The van der Waals surface area contributed by atoms with E-state index >= 15 is 0 Å². The van der Waals surface area contributed by atoms with Gasteiger partial charge in [0, 0.05) is 19.5 Å². The number of nitrogens with zero attached hydrogens (tertiary/aromatic N) is 2. The third-order valence-corrected chi connectivity index (χ3v) is 6.73. The molecule has 0 saturated carbocycles. The maximum Gasteiger partial charge on any atom is 0.243 e. The summed E-state index contributed by atoms with van der Waals surface area (Å²) in [5.74, 6) is 3.12. The van der Waals surface area contributed by atoms with Gasteiger partial charge in [0.25, 0.3) is 0 Å². The number of benzene rings is 1. The van der Waals surface area contributed by atoms with Crippen LogP contribution in [0.25, 0.3) is 0 Å². The Morgan fingerprint density at radius 1 is 1.18 bits per heavy atom. The van der Waals surface area contributed by atoms with Crippen LogP contribution in [0.5, 0.6) is 0 Å². The average Bonchev–Trinajstić information content (AvgIpc) is 3.40. The molecular formula is C21H24N2O4S. The molecule has 0 bridgehead atoms. The first-order chi connectivity index (χ1) is 13.5. The van der Waals surface area contributed by atoms with Gasteiger partial charge in [-0.25, -0.2) is 8.42 Å². The van der Waals surface area contributed by atoms with Gasteiger partial charge < -0.3 is 9.32 Å². The van der Waals surface area contributed by atoms with Crippen LogP contribution in [0.15, 0.2) is 52.0 Å². The number of amides is 1. The zero-order chi connectivity index (χ0) is 20.0. The van der Waals surface area contributed by atoms with Gasteiger partial charge in [-0.05, 0) is 49.1 Å². The summed E-state index contributed by atoms with van der Waals surface area (Å²) in [5.41, 5.74) is 0.910. The van der Waals surface area contributed by atoms with Crippen molar-refractivity contribution in [1.82, 2.24) is 9.21 Å². The van der Waals surface area contributed by atoms with Crippen molar-refractivity contribution in [3.63, 3.8) is 0 Å². The van der Waals surface area contributed by atoms with Crippen molar-refractivity contribution in [2.75, 3.05) is 19.6 Å². The van der Waals surface area contributed by atoms with Crippen LogP contribution >= 0.6 is 0 Å². The summed E-state index contributed by atoms with van der Waals surface area (Å²) in [6.45, 7) is 1.72. The van der Waals surface area contributed by atoms with Crippen LogP contribution in [0, 0.1) is 12.3 Å². The Labute approximate surface area is 166 Å². The lowest BCUT2D eigenvalue weighted by atomic mass is 10.1. The number of sulfonamides is 1. The normalized spacial score (nSPS) is 14.7. The average molecular weight is 401 g/mol. The summed E-state index contributed by atoms with van der Waals surface area (Å²) >= 11 is 0. The van der Waals surface area contributed by atoms with Crippen LogP contribution in [0.4, 0.5) is 0 Å². The van der Waals surface area contributed by atoms with Crippen molar-refractivity contribution in [3.8, 4) is 12.3 Å². The van der Waals surface area contributed by atoms with Crippen molar-refractivity contribution in [3.05, 3.63) is 54.0 Å². The van der Waals surface area contributed by atoms with E-state index in [1.165, 1.54) is 4.31 Å². The Bertz CT molecular complexity index is 922. The highest BCUT2D eigenvalue weighted by molar-refractivity contribution is 7.89. The van der Waals surface area contributed by atoms with Crippen LogP contribution in [-0.4, -0.2) is 43.2 Å². The molecule has 3 rings (SSSR count). The number of furan rings is 1. The largest absolute Gasteiger partial charge is 0.467 e.